The van der Waals surface area contributed by atoms with Gasteiger partial charge in [-0.15, -0.1) is 0 Å². The predicted octanol–water partition coefficient (Wildman–Crippen LogP) is 2.39. The van der Waals surface area contributed by atoms with E-state index in [2.05, 4.69) is 15.3 Å². The Bertz CT molecular complexity index is 794. The molecule has 1 amide bonds. The molecule has 138 valence electrons. The summed E-state index contributed by atoms with van der Waals surface area (Å²) in [5.74, 6) is 0.535. The van der Waals surface area contributed by atoms with Gasteiger partial charge in [0, 0.05) is 13.0 Å². The van der Waals surface area contributed by atoms with Crippen molar-refractivity contribution in [3.63, 3.8) is 0 Å². The summed E-state index contributed by atoms with van der Waals surface area (Å²) in [4.78, 5) is 22.5. The number of aromatic nitrogens is 2. The summed E-state index contributed by atoms with van der Waals surface area (Å²) in [6.07, 6.45) is 6.36. The van der Waals surface area contributed by atoms with E-state index < -0.39 is 5.82 Å². The third-order valence-electron chi connectivity index (χ3n) is 5.08. The summed E-state index contributed by atoms with van der Waals surface area (Å²) in [6, 6.07) is 1.75. The third-order valence-corrected chi connectivity index (χ3v) is 5.08. The number of amides is 1. The predicted molar refractivity (Wildman–Crippen MR) is 91.3 cm³/mol. The fourth-order valence-electron chi connectivity index (χ4n) is 3.84. The van der Waals surface area contributed by atoms with Crippen LogP contribution in [0.1, 0.15) is 35.4 Å². The number of piperidine rings is 1. The lowest BCUT2D eigenvalue weighted by Gasteiger charge is -2.39. The average molecular weight is 360 g/mol. The molecular formula is C18H21FN4O3. The lowest BCUT2D eigenvalue weighted by atomic mass is 9.88. The van der Waals surface area contributed by atoms with E-state index in [1.807, 2.05) is 4.90 Å². The molecule has 0 bridgehead atoms. The summed E-state index contributed by atoms with van der Waals surface area (Å²) in [5.41, 5.74) is 0.248. The van der Waals surface area contributed by atoms with Crippen molar-refractivity contribution in [2.45, 2.75) is 37.8 Å². The van der Waals surface area contributed by atoms with Gasteiger partial charge in [0.2, 0.25) is 5.95 Å². The Kier molecular flexibility index (Phi) is 4.36. The number of rotatable bonds is 3. The SMILES string of the molecule is Cc1occc1C(=O)N1CCCC2(CC(Nc3ncc(F)cn3)CO2)C1. The average Bonchev–Trinajstić information content (AvgIpc) is 3.23. The number of nitrogens with zero attached hydrogens (tertiary/aromatic N) is 3. The van der Waals surface area contributed by atoms with Gasteiger partial charge in [-0.1, -0.05) is 0 Å². The summed E-state index contributed by atoms with van der Waals surface area (Å²) >= 11 is 0. The molecule has 0 aromatic carbocycles. The van der Waals surface area contributed by atoms with E-state index in [0.29, 0.717) is 37.0 Å². The number of hydrogen-bond acceptors (Lipinski definition) is 6. The van der Waals surface area contributed by atoms with Crippen molar-refractivity contribution in [2.24, 2.45) is 0 Å². The second-order valence-electron chi connectivity index (χ2n) is 6.99. The number of aryl methyl sites for hydroxylation is 1. The first kappa shape index (κ1) is 17.0. The first-order valence-corrected chi connectivity index (χ1v) is 8.76. The molecule has 2 unspecified atom stereocenters. The van der Waals surface area contributed by atoms with Crippen molar-refractivity contribution >= 4 is 11.9 Å². The number of hydrogen-bond donors (Lipinski definition) is 1. The van der Waals surface area contributed by atoms with Crippen molar-refractivity contribution in [1.82, 2.24) is 14.9 Å². The molecule has 2 fully saturated rings. The zero-order valence-corrected chi connectivity index (χ0v) is 14.6. The highest BCUT2D eigenvalue weighted by molar-refractivity contribution is 5.95. The monoisotopic (exact) mass is 360 g/mol. The number of carbonyl (C=O) groups is 1. The summed E-state index contributed by atoms with van der Waals surface area (Å²) < 4.78 is 24.3. The van der Waals surface area contributed by atoms with Crippen LogP contribution < -0.4 is 5.32 Å². The van der Waals surface area contributed by atoms with Crippen LogP contribution in [0, 0.1) is 12.7 Å². The van der Waals surface area contributed by atoms with Crippen molar-refractivity contribution in [3.8, 4) is 0 Å². The molecule has 2 aromatic heterocycles. The Balaban J connectivity index is 1.41. The van der Waals surface area contributed by atoms with Crippen LogP contribution in [0.5, 0.6) is 0 Å². The van der Waals surface area contributed by atoms with Gasteiger partial charge in [0.05, 0.1) is 49.0 Å². The van der Waals surface area contributed by atoms with Crippen LogP contribution in [0.3, 0.4) is 0 Å². The zero-order chi connectivity index (χ0) is 18.1. The molecule has 2 atom stereocenters. The lowest BCUT2D eigenvalue weighted by molar-refractivity contribution is -0.0447. The molecule has 2 aliphatic heterocycles. The molecule has 7 nitrogen and oxygen atoms in total. The molecule has 1 N–H and O–H groups in total. The molecule has 2 aliphatic rings. The van der Waals surface area contributed by atoms with Crippen LogP contribution in [0.4, 0.5) is 10.3 Å². The fraction of sp³-hybridized carbons (Fsp3) is 0.500. The minimum atomic E-state index is -0.467. The van der Waals surface area contributed by atoms with Crippen LogP contribution in [-0.2, 0) is 4.74 Å². The number of carbonyl (C=O) groups excluding carboxylic acids is 1. The number of ether oxygens (including phenoxy) is 1. The highest BCUT2D eigenvalue weighted by atomic mass is 19.1. The maximum Gasteiger partial charge on any atom is 0.257 e. The van der Waals surface area contributed by atoms with E-state index in [4.69, 9.17) is 9.15 Å². The van der Waals surface area contributed by atoms with Crippen LogP contribution in [0.15, 0.2) is 29.1 Å². The minimum absolute atomic E-state index is 0.0165. The molecule has 2 aromatic rings. The van der Waals surface area contributed by atoms with Crippen LogP contribution in [-0.4, -0.2) is 52.1 Å². The molecule has 2 saturated heterocycles. The summed E-state index contributed by atoms with van der Waals surface area (Å²) in [5, 5.41) is 3.19. The number of anilines is 1. The lowest BCUT2D eigenvalue weighted by Crippen LogP contribution is -2.50. The van der Waals surface area contributed by atoms with E-state index >= 15 is 0 Å². The Hall–Kier alpha value is -2.48. The van der Waals surface area contributed by atoms with Gasteiger partial charge < -0.3 is 19.4 Å². The second kappa shape index (κ2) is 6.68. The van der Waals surface area contributed by atoms with Gasteiger partial charge in [-0.25, -0.2) is 14.4 Å². The Morgan fingerprint density at radius 3 is 2.96 bits per heavy atom. The Morgan fingerprint density at radius 2 is 2.23 bits per heavy atom. The van der Waals surface area contributed by atoms with Gasteiger partial charge in [-0.05, 0) is 25.8 Å². The van der Waals surface area contributed by atoms with Gasteiger partial charge in [-0.3, -0.25) is 4.79 Å². The van der Waals surface area contributed by atoms with Gasteiger partial charge in [0.1, 0.15) is 5.76 Å². The number of furan rings is 1. The molecule has 0 aliphatic carbocycles. The van der Waals surface area contributed by atoms with Gasteiger partial charge in [0.25, 0.3) is 5.91 Å². The molecule has 26 heavy (non-hydrogen) atoms. The zero-order valence-electron chi connectivity index (χ0n) is 14.6. The summed E-state index contributed by atoms with van der Waals surface area (Å²) in [6.45, 7) is 3.57. The smallest absolute Gasteiger partial charge is 0.257 e. The number of nitrogens with one attached hydrogen (secondary N) is 1. The van der Waals surface area contributed by atoms with Gasteiger partial charge in [-0.2, -0.15) is 0 Å². The van der Waals surface area contributed by atoms with E-state index in [0.717, 1.165) is 31.7 Å². The topological polar surface area (TPSA) is 80.5 Å². The third kappa shape index (κ3) is 3.29. The molecule has 0 radical (unpaired) electrons. The van der Waals surface area contributed by atoms with Crippen LogP contribution in [0.25, 0.3) is 0 Å². The highest BCUT2D eigenvalue weighted by Crippen LogP contribution is 2.36. The molecular weight excluding hydrogens is 339 g/mol. The number of halogens is 1. The van der Waals surface area contributed by atoms with Crippen LogP contribution >= 0.6 is 0 Å². The van der Waals surface area contributed by atoms with Crippen molar-refractivity contribution in [1.29, 1.82) is 0 Å². The second-order valence-corrected chi connectivity index (χ2v) is 6.99. The molecule has 4 heterocycles. The quantitative estimate of drug-likeness (QED) is 0.905. The number of likely N-dealkylation sites (tertiary alicyclic amines) is 1. The van der Waals surface area contributed by atoms with Crippen LogP contribution in [0.2, 0.25) is 0 Å². The first-order valence-electron chi connectivity index (χ1n) is 8.76. The summed E-state index contributed by atoms with van der Waals surface area (Å²) in [7, 11) is 0. The Labute approximate surface area is 150 Å². The highest BCUT2D eigenvalue weighted by Gasteiger charge is 2.45. The van der Waals surface area contributed by atoms with E-state index in [1.54, 1.807) is 13.0 Å². The largest absolute Gasteiger partial charge is 0.469 e. The minimum Gasteiger partial charge on any atom is -0.469 e. The first-order chi connectivity index (χ1) is 12.5. The molecule has 0 saturated carbocycles. The van der Waals surface area contributed by atoms with Gasteiger partial charge in [0.15, 0.2) is 5.82 Å². The van der Waals surface area contributed by atoms with Crippen molar-refractivity contribution < 1.29 is 18.3 Å². The van der Waals surface area contributed by atoms with Crippen molar-refractivity contribution in [3.05, 3.63) is 41.9 Å². The van der Waals surface area contributed by atoms with Crippen molar-refractivity contribution in [2.75, 3.05) is 25.0 Å². The van der Waals surface area contributed by atoms with E-state index in [-0.39, 0.29) is 17.6 Å². The fourth-order valence-corrected chi connectivity index (χ4v) is 3.84. The standard InChI is InChI=1S/C18H21FN4O3/c1-12-15(3-6-25-12)16(24)23-5-2-4-18(11-23)7-14(10-26-18)22-17-20-8-13(19)9-21-17/h3,6,8-9,14H,2,4-5,7,10-11H2,1H3,(H,20,21,22). The molecule has 1 spiro atoms. The maximum atomic E-state index is 12.9. The van der Waals surface area contributed by atoms with E-state index in [9.17, 15) is 9.18 Å². The molecule has 4 rings (SSSR count). The van der Waals surface area contributed by atoms with Gasteiger partial charge >= 0.3 is 0 Å². The van der Waals surface area contributed by atoms with E-state index in [1.165, 1.54) is 6.26 Å². The Morgan fingerprint density at radius 1 is 1.42 bits per heavy atom. The maximum absolute atomic E-state index is 12.9. The molecule has 8 heteroatoms. The normalized spacial score (nSPS) is 25.6.